The summed E-state index contributed by atoms with van der Waals surface area (Å²) in [6, 6.07) is 8.06. The van der Waals surface area contributed by atoms with E-state index in [0.717, 1.165) is 34.1 Å². The van der Waals surface area contributed by atoms with Gasteiger partial charge < -0.3 is 10.1 Å². The van der Waals surface area contributed by atoms with E-state index in [-0.39, 0.29) is 28.2 Å². The molecule has 1 amide bonds. The Morgan fingerprint density at radius 3 is 2.17 bits per heavy atom. The molecule has 6 nitrogen and oxygen atoms in total. The minimum Gasteiger partial charge on any atom is -0.495 e. The first-order valence-corrected chi connectivity index (χ1v) is 11.7. The Balaban J connectivity index is 2.47. The molecule has 0 aromatic heterocycles. The largest absolute Gasteiger partial charge is 0.495 e. The number of sulfonamides is 1. The number of rotatable bonds is 8. The first-order valence-electron chi connectivity index (χ1n) is 9.45. The molecule has 0 radical (unpaired) electrons. The van der Waals surface area contributed by atoms with E-state index in [9.17, 15) is 13.2 Å². The lowest BCUT2D eigenvalue weighted by Gasteiger charge is -2.17. The second kappa shape index (κ2) is 9.73. The number of carbonyl (C=O) groups excluding carboxylic acids is 1. The molecule has 2 rings (SSSR count). The highest BCUT2D eigenvalue weighted by atomic mass is 79.9. The van der Waals surface area contributed by atoms with Gasteiger partial charge in [0.05, 0.1) is 7.11 Å². The van der Waals surface area contributed by atoms with Gasteiger partial charge in [-0.1, -0.05) is 29.8 Å². The minimum atomic E-state index is -3.82. The van der Waals surface area contributed by atoms with Crippen LogP contribution in [0.4, 0.5) is 5.69 Å². The number of nitrogens with one attached hydrogen (secondary N) is 2. The van der Waals surface area contributed by atoms with Gasteiger partial charge in [0.25, 0.3) is 5.91 Å². The van der Waals surface area contributed by atoms with Crippen LogP contribution in [0.25, 0.3) is 0 Å². The Kier molecular flexibility index (Phi) is 7.85. The van der Waals surface area contributed by atoms with Crippen molar-refractivity contribution in [2.45, 2.75) is 51.5 Å². The maximum atomic E-state index is 13.0. The van der Waals surface area contributed by atoms with Crippen LogP contribution in [0.2, 0.25) is 0 Å². The van der Waals surface area contributed by atoms with Crippen LogP contribution in [0.15, 0.2) is 39.7 Å². The van der Waals surface area contributed by atoms with E-state index in [4.69, 9.17) is 4.74 Å². The zero-order valence-electron chi connectivity index (χ0n) is 17.3. The number of hydrogen-bond donors (Lipinski definition) is 2. The van der Waals surface area contributed by atoms with E-state index in [2.05, 4.69) is 26.0 Å². The zero-order chi connectivity index (χ0) is 21.8. The fourth-order valence-corrected chi connectivity index (χ4v) is 5.03. The predicted molar refractivity (Wildman–Crippen MR) is 119 cm³/mol. The third kappa shape index (κ3) is 5.58. The van der Waals surface area contributed by atoms with Crippen LogP contribution >= 0.6 is 15.9 Å². The maximum Gasteiger partial charge on any atom is 0.255 e. The smallest absolute Gasteiger partial charge is 0.255 e. The van der Waals surface area contributed by atoms with Crippen molar-refractivity contribution < 1.29 is 17.9 Å². The van der Waals surface area contributed by atoms with Crippen molar-refractivity contribution in [2.24, 2.45) is 0 Å². The van der Waals surface area contributed by atoms with Gasteiger partial charge in [-0.3, -0.25) is 4.79 Å². The fraction of sp³-hybridized carbons (Fsp3) is 0.381. The average molecular weight is 483 g/mol. The number of halogens is 1. The predicted octanol–water partition coefficient (Wildman–Crippen LogP) is 4.52. The van der Waals surface area contributed by atoms with Crippen LogP contribution < -0.4 is 14.8 Å². The molecule has 158 valence electrons. The van der Waals surface area contributed by atoms with E-state index in [1.54, 1.807) is 19.9 Å². The van der Waals surface area contributed by atoms with Gasteiger partial charge in [-0.05, 0) is 68.1 Å². The summed E-state index contributed by atoms with van der Waals surface area (Å²) < 4.78 is 34.0. The molecule has 0 bridgehead atoms. The quantitative estimate of drug-likeness (QED) is 0.578. The van der Waals surface area contributed by atoms with E-state index in [1.807, 2.05) is 26.0 Å². The number of hydrogen-bond acceptors (Lipinski definition) is 4. The van der Waals surface area contributed by atoms with Crippen molar-refractivity contribution >= 4 is 37.5 Å². The lowest BCUT2D eigenvalue weighted by molar-refractivity contribution is 0.102. The molecule has 0 aliphatic rings. The van der Waals surface area contributed by atoms with Gasteiger partial charge in [0.2, 0.25) is 10.0 Å². The second-order valence-corrected chi connectivity index (χ2v) is 9.50. The Hall–Kier alpha value is -1.90. The Labute approximate surface area is 181 Å². The van der Waals surface area contributed by atoms with E-state index >= 15 is 0 Å². The van der Waals surface area contributed by atoms with Gasteiger partial charge in [0.15, 0.2) is 0 Å². The topological polar surface area (TPSA) is 84.5 Å². The second-order valence-electron chi connectivity index (χ2n) is 6.90. The lowest BCUT2D eigenvalue weighted by Crippen LogP contribution is -2.30. The van der Waals surface area contributed by atoms with Crippen molar-refractivity contribution in [3.05, 3.63) is 51.5 Å². The molecule has 2 N–H and O–H groups in total. The summed E-state index contributed by atoms with van der Waals surface area (Å²) in [5.74, 6) is -0.192. The Morgan fingerprint density at radius 2 is 1.69 bits per heavy atom. The minimum absolute atomic E-state index is 0.0661. The molecule has 0 heterocycles. The average Bonchev–Trinajstić information content (AvgIpc) is 2.67. The monoisotopic (exact) mass is 482 g/mol. The highest BCUT2D eigenvalue weighted by Crippen LogP contribution is 2.29. The fourth-order valence-electron chi connectivity index (χ4n) is 3.03. The zero-order valence-corrected chi connectivity index (χ0v) is 19.7. The molecular formula is C21H27BrN2O4S. The summed E-state index contributed by atoms with van der Waals surface area (Å²) in [4.78, 5) is 12.9. The summed E-state index contributed by atoms with van der Waals surface area (Å²) in [6.45, 7) is 7.50. The van der Waals surface area contributed by atoms with Gasteiger partial charge in [-0.15, -0.1) is 0 Å². The molecule has 2 aromatic carbocycles. The van der Waals surface area contributed by atoms with Crippen molar-refractivity contribution in [1.82, 2.24) is 4.72 Å². The lowest BCUT2D eigenvalue weighted by atomic mass is 10.0. The van der Waals surface area contributed by atoms with Crippen LogP contribution in [0, 0.1) is 0 Å². The number of amides is 1. The molecule has 0 saturated heterocycles. The summed E-state index contributed by atoms with van der Waals surface area (Å²) >= 11 is 3.51. The normalized spacial score (nSPS) is 11.6. The van der Waals surface area contributed by atoms with Gasteiger partial charge in [0.1, 0.15) is 10.6 Å². The molecule has 29 heavy (non-hydrogen) atoms. The number of aryl methyl sites for hydroxylation is 2. The third-order valence-electron chi connectivity index (χ3n) is 4.37. The SMILES string of the molecule is CCc1cc(Br)cc(CC)c1NC(=O)c1ccc(OC)c(S(=O)(=O)NC(C)C)c1. The standard InChI is InChI=1S/C21H27BrN2O4S/c1-6-14-10-17(22)11-15(7-2)20(14)23-21(25)16-8-9-18(28-5)19(12-16)29(26,27)24-13(3)4/h8-13,24H,6-7H2,1-5H3,(H,23,25). The van der Waals surface area contributed by atoms with E-state index in [0.29, 0.717) is 0 Å². The number of methoxy groups -OCH3 is 1. The highest BCUT2D eigenvalue weighted by molar-refractivity contribution is 9.10. The van der Waals surface area contributed by atoms with Crippen molar-refractivity contribution in [1.29, 1.82) is 0 Å². The van der Waals surface area contributed by atoms with Gasteiger partial charge in [-0.2, -0.15) is 0 Å². The number of benzene rings is 2. The summed E-state index contributed by atoms with van der Waals surface area (Å²) in [6.07, 6.45) is 1.51. The number of carbonyl (C=O) groups is 1. The van der Waals surface area contributed by atoms with Gasteiger partial charge >= 0.3 is 0 Å². The summed E-state index contributed by atoms with van der Waals surface area (Å²) in [5.41, 5.74) is 3.02. The van der Waals surface area contributed by atoms with Gasteiger partial charge in [-0.25, -0.2) is 13.1 Å². The Bertz CT molecular complexity index is 979. The van der Waals surface area contributed by atoms with Crippen LogP contribution in [0.3, 0.4) is 0 Å². The molecule has 0 saturated carbocycles. The molecule has 2 aromatic rings. The van der Waals surface area contributed by atoms with Crippen LogP contribution in [0.1, 0.15) is 49.2 Å². The maximum absolute atomic E-state index is 13.0. The first-order chi connectivity index (χ1) is 13.6. The molecule has 0 fully saturated rings. The number of ether oxygens (including phenoxy) is 1. The molecule has 0 spiro atoms. The molecule has 0 aliphatic heterocycles. The van der Waals surface area contributed by atoms with Gasteiger partial charge in [0, 0.05) is 21.8 Å². The summed E-state index contributed by atoms with van der Waals surface area (Å²) in [7, 11) is -2.43. The first kappa shape index (κ1) is 23.4. The van der Waals surface area contributed by atoms with Crippen molar-refractivity contribution in [3.63, 3.8) is 0 Å². The van der Waals surface area contributed by atoms with E-state index in [1.165, 1.54) is 19.2 Å². The molecular weight excluding hydrogens is 456 g/mol. The van der Waals surface area contributed by atoms with Crippen LogP contribution in [-0.4, -0.2) is 27.5 Å². The van der Waals surface area contributed by atoms with E-state index < -0.39 is 10.0 Å². The summed E-state index contributed by atoms with van der Waals surface area (Å²) in [5, 5.41) is 2.97. The van der Waals surface area contributed by atoms with Crippen molar-refractivity contribution in [2.75, 3.05) is 12.4 Å². The molecule has 0 aliphatic carbocycles. The highest BCUT2D eigenvalue weighted by Gasteiger charge is 2.23. The van der Waals surface area contributed by atoms with Crippen molar-refractivity contribution in [3.8, 4) is 5.75 Å². The third-order valence-corrected chi connectivity index (χ3v) is 6.51. The molecule has 8 heteroatoms. The van der Waals surface area contributed by atoms with Crippen LogP contribution in [-0.2, 0) is 22.9 Å². The van der Waals surface area contributed by atoms with Crippen LogP contribution in [0.5, 0.6) is 5.75 Å². The molecule has 0 unspecified atom stereocenters. The molecule has 0 atom stereocenters. The Morgan fingerprint density at radius 1 is 1.10 bits per heavy atom. The number of anilines is 1.